The van der Waals surface area contributed by atoms with Gasteiger partial charge >= 0.3 is 0 Å². The fraction of sp³-hybridized carbons (Fsp3) is 0.429. The Labute approximate surface area is 135 Å². The highest BCUT2D eigenvalue weighted by Gasteiger charge is 2.23. The van der Waals surface area contributed by atoms with Crippen molar-refractivity contribution in [1.29, 1.82) is 0 Å². The minimum atomic E-state index is -0.358. The van der Waals surface area contributed by atoms with Crippen molar-refractivity contribution >= 4 is 24.2 Å². The molecule has 0 radical (unpaired) electrons. The number of ether oxygens (including phenoxy) is 2. The van der Waals surface area contributed by atoms with Crippen LogP contribution in [0.2, 0.25) is 0 Å². The number of nitrogens with one attached hydrogen (secondary N) is 1. The molecule has 1 aliphatic rings. The van der Waals surface area contributed by atoms with E-state index in [4.69, 9.17) is 15.2 Å². The minimum absolute atomic E-state index is 0. The average molecular weight is 330 g/mol. The highest BCUT2D eigenvalue weighted by Crippen LogP contribution is 2.30. The number of fused-ring (bicyclic) bond motifs is 1. The topological polar surface area (TPSA) is 93.9 Å². The Morgan fingerprint density at radius 3 is 2.73 bits per heavy atom. The summed E-state index contributed by atoms with van der Waals surface area (Å²) in [6, 6.07) is 7.40. The van der Waals surface area contributed by atoms with Gasteiger partial charge in [0.1, 0.15) is 6.61 Å². The van der Waals surface area contributed by atoms with E-state index in [0.717, 1.165) is 0 Å². The van der Waals surface area contributed by atoms with Gasteiger partial charge in [0, 0.05) is 7.05 Å². The van der Waals surface area contributed by atoms with Crippen molar-refractivity contribution < 1.29 is 19.1 Å². The third kappa shape index (κ3) is 4.78. The van der Waals surface area contributed by atoms with E-state index in [0.29, 0.717) is 24.7 Å². The van der Waals surface area contributed by atoms with E-state index < -0.39 is 0 Å². The summed E-state index contributed by atoms with van der Waals surface area (Å²) in [6.45, 7) is 0.555. The molecule has 2 amide bonds. The Morgan fingerprint density at radius 1 is 1.36 bits per heavy atom. The van der Waals surface area contributed by atoms with Gasteiger partial charge in [-0.1, -0.05) is 12.1 Å². The predicted octanol–water partition coefficient (Wildman–Crippen LogP) is -0.218. The van der Waals surface area contributed by atoms with Crippen LogP contribution in [0.1, 0.15) is 0 Å². The summed E-state index contributed by atoms with van der Waals surface area (Å²) < 4.78 is 11.4. The van der Waals surface area contributed by atoms with Crippen LogP contribution in [-0.4, -0.2) is 56.1 Å². The van der Waals surface area contributed by atoms with Crippen LogP contribution in [0.5, 0.6) is 11.5 Å². The number of para-hydroxylation sites is 2. The van der Waals surface area contributed by atoms with Gasteiger partial charge < -0.3 is 25.4 Å². The molecule has 22 heavy (non-hydrogen) atoms. The molecule has 8 heteroatoms. The highest BCUT2D eigenvalue weighted by molar-refractivity contribution is 5.85. The van der Waals surface area contributed by atoms with Gasteiger partial charge in [0.05, 0.1) is 19.6 Å². The van der Waals surface area contributed by atoms with Crippen LogP contribution in [0.3, 0.4) is 0 Å². The van der Waals surface area contributed by atoms with E-state index in [1.165, 1.54) is 4.90 Å². The standard InChI is InChI=1S/C14H19N3O4.ClH/c1-17(14(19)7-16-13(18)6-15)8-10-9-20-11-4-2-3-5-12(11)21-10;/h2-5,10H,6-9,15H2,1H3,(H,16,18);1H. The van der Waals surface area contributed by atoms with Crippen LogP contribution >= 0.6 is 12.4 Å². The van der Waals surface area contributed by atoms with Gasteiger partial charge in [0.15, 0.2) is 17.6 Å². The average Bonchev–Trinajstić information content (AvgIpc) is 2.51. The molecule has 0 fully saturated rings. The first-order valence-electron chi connectivity index (χ1n) is 6.69. The zero-order valence-electron chi connectivity index (χ0n) is 12.3. The lowest BCUT2D eigenvalue weighted by Crippen LogP contribution is -2.45. The molecule has 0 bridgehead atoms. The van der Waals surface area contributed by atoms with Crippen molar-refractivity contribution in [2.45, 2.75) is 6.10 Å². The van der Waals surface area contributed by atoms with E-state index >= 15 is 0 Å². The van der Waals surface area contributed by atoms with Gasteiger partial charge in [-0.05, 0) is 12.1 Å². The number of likely N-dealkylation sites (N-methyl/N-ethyl adjacent to an activating group) is 1. The van der Waals surface area contributed by atoms with Crippen LogP contribution in [0.15, 0.2) is 24.3 Å². The first-order valence-corrected chi connectivity index (χ1v) is 6.69. The van der Waals surface area contributed by atoms with Crippen molar-refractivity contribution in [2.24, 2.45) is 5.73 Å². The number of benzene rings is 1. The van der Waals surface area contributed by atoms with E-state index in [2.05, 4.69) is 5.32 Å². The zero-order chi connectivity index (χ0) is 15.2. The smallest absolute Gasteiger partial charge is 0.241 e. The number of halogens is 1. The number of nitrogens with zero attached hydrogens (tertiary/aromatic N) is 1. The second-order valence-corrected chi connectivity index (χ2v) is 4.75. The summed E-state index contributed by atoms with van der Waals surface area (Å²) in [5.74, 6) is 0.811. The lowest BCUT2D eigenvalue weighted by Gasteiger charge is -2.29. The summed E-state index contributed by atoms with van der Waals surface area (Å²) >= 11 is 0. The Balaban J connectivity index is 0.00000242. The Morgan fingerprint density at radius 2 is 2.05 bits per heavy atom. The molecular formula is C14H20ClN3O4. The first kappa shape index (κ1) is 18.1. The summed E-state index contributed by atoms with van der Waals surface area (Å²) in [7, 11) is 1.65. The number of hydrogen-bond donors (Lipinski definition) is 2. The van der Waals surface area contributed by atoms with Gasteiger partial charge in [-0.25, -0.2) is 0 Å². The molecule has 122 valence electrons. The second kappa shape index (κ2) is 8.45. The van der Waals surface area contributed by atoms with Crippen molar-refractivity contribution in [2.75, 3.05) is 33.3 Å². The predicted molar refractivity (Wildman–Crippen MR) is 83.3 cm³/mol. The molecule has 1 unspecified atom stereocenters. The number of rotatable bonds is 5. The molecule has 2 rings (SSSR count). The molecule has 1 atom stereocenters. The first-order chi connectivity index (χ1) is 10.1. The van der Waals surface area contributed by atoms with E-state index in [1.54, 1.807) is 7.05 Å². The SMILES string of the molecule is CN(CC1COc2ccccc2O1)C(=O)CNC(=O)CN.Cl. The summed E-state index contributed by atoms with van der Waals surface area (Å²) in [4.78, 5) is 24.4. The summed E-state index contributed by atoms with van der Waals surface area (Å²) in [6.07, 6.45) is -0.237. The number of carbonyl (C=O) groups excluding carboxylic acids is 2. The lowest BCUT2D eigenvalue weighted by molar-refractivity contribution is -0.132. The molecule has 1 aromatic carbocycles. The number of carbonyl (C=O) groups is 2. The molecule has 3 N–H and O–H groups in total. The summed E-state index contributed by atoms with van der Waals surface area (Å²) in [5.41, 5.74) is 5.16. The summed E-state index contributed by atoms with van der Waals surface area (Å²) in [5, 5.41) is 2.44. The monoisotopic (exact) mass is 329 g/mol. The van der Waals surface area contributed by atoms with E-state index in [9.17, 15) is 9.59 Å². The maximum Gasteiger partial charge on any atom is 0.241 e. The largest absolute Gasteiger partial charge is 0.486 e. The maximum absolute atomic E-state index is 11.9. The maximum atomic E-state index is 11.9. The fourth-order valence-electron chi connectivity index (χ4n) is 1.94. The molecule has 1 aliphatic heterocycles. The van der Waals surface area contributed by atoms with E-state index in [1.807, 2.05) is 24.3 Å². The van der Waals surface area contributed by atoms with E-state index in [-0.39, 0.29) is 43.4 Å². The van der Waals surface area contributed by atoms with Gasteiger partial charge in [0.2, 0.25) is 11.8 Å². The number of amides is 2. The quantitative estimate of drug-likeness (QED) is 0.779. The normalized spacial score (nSPS) is 15.5. The number of nitrogens with two attached hydrogens (primary N) is 1. The second-order valence-electron chi connectivity index (χ2n) is 4.75. The van der Waals surface area contributed by atoms with Crippen molar-refractivity contribution in [3.63, 3.8) is 0 Å². The van der Waals surface area contributed by atoms with Crippen LogP contribution in [0, 0.1) is 0 Å². The third-order valence-corrected chi connectivity index (χ3v) is 3.09. The molecule has 1 aromatic rings. The van der Waals surface area contributed by atoms with Gasteiger partial charge in [0.25, 0.3) is 0 Å². The van der Waals surface area contributed by atoms with Crippen LogP contribution < -0.4 is 20.5 Å². The van der Waals surface area contributed by atoms with Crippen LogP contribution in [0.4, 0.5) is 0 Å². The Bertz CT molecular complexity index is 527. The van der Waals surface area contributed by atoms with Crippen molar-refractivity contribution in [1.82, 2.24) is 10.2 Å². The Kier molecular flexibility index (Phi) is 6.94. The highest BCUT2D eigenvalue weighted by atomic mass is 35.5. The molecule has 0 aromatic heterocycles. The number of hydrogen-bond acceptors (Lipinski definition) is 5. The molecule has 0 spiro atoms. The minimum Gasteiger partial charge on any atom is -0.486 e. The van der Waals surface area contributed by atoms with Crippen molar-refractivity contribution in [3.05, 3.63) is 24.3 Å². The third-order valence-electron chi connectivity index (χ3n) is 3.09. The molecule has 7 nitrogen and oxygen atoms in total. The molecular weight excluding hydrogens is 310 g/mol. The lowest BCUT2D eigenvalue weighted by atomic mass is 10.2. The molecule has 0 saturated carbocycles. The molecule has 0 aliphatic carbocycles. The molecule has 0 saturated heterocycles. The Hall–Kier alpha value is -1.99. The van der Waals surface area contributed by atoms with Gasteiger partial charge in [-0.15, -0.1) is 12.4 Å². The van der Waals surface area contributed by atoms with Gasteiger partial charge in [-0.3, -0.25) is 9.59 Å². The fourth-order valence-corrected chi connectivity index (χ4v) is 1.94. The van der Waals surface area contributed by atoms with Gasteiger partial charge in [-0.2, -0.15) is 0 Å². The molecule has 1 heterocycles. The van der Waals surface area contributed by atoms with Crippen molar-refractivity contribution in [3.8, 4) is 11.5 Å². The zero-order valence-corrected chi connectivity index (χ0v) is 13.1. The van der Waals surface area contributed by atoms with Crippen LogP contribution in [0.25, 0.3) is 0 Å². The van der Waals surface area contributed by atoms with Crippen LogP contribution in [-0.2, 0) is 9.59 Å².